The van der Waals surface area contributed by atoms with E-state index in [4.69, 9.17) is 28.4 Å². The molecule has 11 nitrogen and oxygen atoms in total. The highest BCUT2D eigenvalue weighted by Crippen LogP contribution is 2.42. The molecule has 196 valence electrons. The van der Waals surface area contributed by atoms with Crippen molar-refractivity contribution in [2.24, 2.45) is 0 Å². The molecule has 36 heavy (non-hydrogen) atoms. The van der Waals surface area contributed by atoms with E-state index in [0.29, 0.717) is 34.1 Å². The summed E-state index contributed by atoms with van der Waals surface area (Å²) >= 11 is 0. The van der Waals surface area contributed by atoms with Crippen molar-refractivity contribution in [3.63, 3.8) is 0 Å². The van der Waals surface area contributed by atoms with Crippen LogP contribution in [0, 0.1) is 0 Å². The highest BCUT2D eigenvalue weighted by molar-refractivity contribution is 7.94. The molecule has 1 saturated heterocycles. The standard InChI is InChI=1S/C24H29NO10S/c1-30-15-9-7-13(11-17(15)32-3)19-21(23(26)34-5)36(28,29)22(24(27)35-6)20(25-19)14-8-10-16(31-2)18(12-14)33-4/h7-12,19-22,25H,1-6H3/t19-,20+,21-,22-/m0/s1. The first-order valence-corrected chi connectivity index (χ1v) is 12.4. The number of rotatable bonds is 8. The number of esters is 2. The summed E-state index contributed by atoms with van der Waals surface area (Å²) in [5.41, 5.74) is 0.806. The lowest BCUT2D eigenvalue weighted by molar-refractivity contribution is -0.142. The zero-order chi connectivity index (χ0) is 26.6. The number of hydrogen-bond acceptors (Lipinski definition) is 11. The molecule has 1 heterocycles. The molecule has 0 saturated carbocycles. The number of sulfone groups is 1. The van der Waals surface area contributed by atoms with Crippen LogP contribution in [0.1, 0.15) is 23.2 Å². The zero-order valence-corrected chi connectivity index (χ0v) is 21.6. The molecular formula is C24H29NO10S. The average molecular weight is 524 g/mol. The molecule has 4 atom stereocenters. The zero-order valence-electron chi connectivity index (χ0n) is 20.8. The lowest BCUT2D eigenvalue weighted by Gasteiger charge is -2.40. The van der Waals surface area contributed by atoms with Crippen LogP contribution in [0.25, 0.3) is 0 Å². The predicted molar refractivity (Wildman–Crippen MR) is 128 cm³/mol. The van der Waals surface area contributed by atoms with Crippen LogP contribution >= 0.6 is 0 Å². The van der Waals surface area contributed by atoms with E-state index >= 15 is 0 Å². The van der Waals surface area contributed by atoms with Gasteiger partial charge in [0.15, 0.2) is 43.3 Å². The van der Waals surface area contributed by atoms with Gasteiger partial charge in [0.05, 0.1) is 54.7 Å². The molecule has 1 N–H and O–H groups in total. The Bertz CT molecular complexity index is 1140. The van der Waals surface area contributed by atoms with Crippen LogP contribution < -0.4 is 24.3 Å². The summed E-state index contributed by atoms with van der Waals surface area (Å²) in [6.45, 7) is 0. The molecule has 1 fully saturated rings. The van der Waals surface area contributed by atoms with E-state index < -0.39 is 44.4 Å². The van der Waals surface area contributed by atoms with E-state index in [1.165, 1.54) is 28.4 Å². The minimum atomic E-state index is -4.51. The first kappa shape index (κ1) is 27.1. The monoisotopic (exact) mass is 523 g/mol. The van der Waals surface area contributed by atoms with E-state index in [1.54, 1.807) is 36.4 Å². The second-order valence-corrected chi connectivity index (χ2v) is 10.0. The summed E-state index contributed by atoms with van der Waals surface area (Å²) in [5.74, 6) is -0.563. The van der Waals surface area contributed by atoms with E-state index in [0.717, 1.165) is 14.2 Å². The third-order valence-electron chi connectivity index (χ3n) is 6.07. The molecule has 2 aromatic carbocycles. The fourth-order valence-electron chi connectivity index (χ4n) is 4.31. The summed E-state index contributed by atoms with van der Waals surface area (Å²) in [6.07, 6.45) is 0. The van der Waals surface area contributed by atoms with Gasteiger partial charge in [0.1, 0.15) is 0 Å². The molecule has 3 rings (SSSR count). The second-order valence-electron chi connectivity index (χ2n) is 7.83. The van der Waals surface area contributed by atoms with Crippen molar-refractivity contribution < 1.29 is 46.4 Å². The largest absolute Gasteiger partial charge is 0.493 e. The van der Waals surface area contributed by atoms with Gasteiger partial charge in [-0.3, -0.25) is 14.9 Å². The maximum Gasteiger partial charge on any atom is 0.326 e. The molecule has 1 aliphatic heterocycles. The summed E-state index contributed by atoms with van der Waals surface area (Å²) in [4.78, 5) is 25.7. The fourth-order valence-corrected chi connectivity index (χ4v) is 6.59. The van der Waals surface area contributed by atoms with E-state index in [-0.39, 0.29) is 0 Å². The topological polar surface area (TPSA) is 136 Å². The van der Waals surface area contributed by atoms with Gasteiger partial charge in [-0.05, 0) is 35.4 Å². The molecule has 0 spiro atoms. The highest BCUT2D eigenvalue weighted by atomic mass is 32.2. The maximum atomic E-state index is 13.9. The molecule has 12 heteroatoms. The third-order valence-corrected chi connectivity index (χ3v) is 8.42. The van der Waals surface area contributed by atoms with Crippen LogP contribution in [-0.2, 0) is 28.9 Å². The third kappa shape index (κ3) is 4.78. The van der Waals surface area contributed by atoms with Gasteiger partial charge in [0, 0.05) is 0 Å². The molecular weight excluding hydrogens is 494 g/mol. The molecule has 0 amide bonds. The van der Waals surface area contributed by atoms with Crippen molar-refractivity contribution in [1.29, 1.82) is 0 Å². The van der Waals surface area contributed by atoms with Gasteiger partial charge in [-0.25, -0.2) is 8.42 Å². The van der Waals surface area contributed by atoms with E-state index in [2.05, 4.69) is 5.32 Å². The summed E-state index contributed by atoms with van der Waals surface area (Å²) < 4.78 is 58.7. The Hall–Kier alpha value is -3.51. The Morgan fingerprint density at radius 1 is 0.639 bits per heavy atom. The van der Waals surface area contributed by atoms with Gasteiger partial charge >= 0.3 is 11.9 Å². The Balaban J connectivity index is 2.25. The van der Waals surface area contributed by atoms with Gasteiger partial charge < -0.3 is 28.4 Å². The van der Waals surface area contributed by atoms with Crippen molar-refractivity contribution in [2.75, 3.05) is 42.7 Å². The molecule has 0 unspecified atom stereocenters. The van der Waals surface area contributed by atoms with Crippen molar-refractivity contribution in [1.82, 2.24) is 5.32 Å². The summed E-state index contributed by atoms with van der Waals surface area (Å²) in [6, 6.07) is 7.30. The van der Waals surface area contributed by atoms with Gasteiger partial charge in [-0.1, -0.05) is 12.1 Å². The van der Waals surface area contributed by atoms with Gasteiger partial charge in [0.25, 0.3) is 0 Å². The van der Waals surface area contributed by atoms with Gasteiger partial charge in [0.2, 0.25) is 0 Å². The second kappa shape index (κ2) is 11.0. The minimum Gasteiger partial charge on any atom is -0.493 e. The smallest absolute Gasteiger partial charge is 0.326 e. The van der Waals surface area contributed by atoms with Crippen molar-refractivity contribution >= 4 is 21.8 Å². The number of methoxy groups -OCH3 is 6. The van der Waals surface area contributed by atoms with Gasteiger partial charge in [-0.2, -0.15) is 0 Å². The lowest BCUT2D eigenvalue weighted by Crippen LogP contribution is -2.59. The van der Waals surface area contributed by atoms with Crippen LogP contribution in [0.15, 0.2) is 36.4 Å². The molecule has 0 aromatic heterocycles. The molecule has 2 aromatic rings. The van der Waals surface area contributed by atoms with Crippen LogP contribution in [0.2, 0.25) is 0 Å². The number of ether oxygens (including phenoxy) is 6. The number of carbonyl (C=O) groups is 2. The molecule has 1 aliphatic rings. The van der Waals surface area contributed by atoms with Crippen LogP contribution in [-0.4, -0.2) is 73.5 Å². The van der Waals surface area contributed by atoms with Gasteiger partial charge in [-0.15, -0.1) is 0 Å². The lowest BCUT2D eigenvalue weighted by atomic mass is 9.96. The Kier molecular flexibility index (Phi) is 8.31. The van der Waals surface area contributed by atoms with Crippen molar-refractivity contribution in [3.8, 4) is 23.0 Å². The average Bonchev–Trinajstić information content (AvgIpc) is 2.90. The van der Waals surface area contributed by atoms with Crippen LogP contribution in [0.3, 0.4) is 0 Å². The Morgan fingerprint density at radius 3 is 1.31 bits per heavy atom. The van der Waals surface area contributed by atoms with E-state index in [9.17, 15) is 18.0 Å². The first-order chi connectivity index (χ1) is 17.2. The predicted octanol–water partition coefficient (Wildman–Crippen LogP) is 1.60. The Morgan fingerprint density at radius 2 is 1.00 bits per heavy atom. The normalized spacial score (nSPS) is 22.7. The maximum absolute atomic E-state index is 13.9. The Labute approximate surface area is 209 Å². The van der Waals surface area contributed by atoms with Crippen LogP contribution in [0.4, 0.5) is 0 Å². The fraction of sp³-hybridized carbons (Fsp3) is 0.417. The SMILES string of the molecule is COC(=O)[C@@H]1[C@@H](c2ccc(OC)c(OC)c2)N[C@@H](c2ccc(OC)c(OC)c2)[C@@H](C(=O)OC)S1(=O)=O. The summed E-state index contributed by atoms with van der Waals surface area (Å²) in [5, 5.41) is -0.322. The highest BCUT2D eigenvalue weighted by Gasteiger charge is 2.57. The summed E-state index contributed by atoms with van der Waals surface area (Å²) in [7, 11) is 3.45. The number of benzene rings is 2. The van der Waals surface area contributed by atoms with E-state index in [1.807, 2.05) is 0 Å². The molecule has 0 radical (unpaired) electrons. The number of carbonyl (C=O) groups excluding carboxylic acids is 2. The number of nitrogens with one attached hydrogen (secondary N) is 1. The minimum absolute atomic E-state index is 0.329. The quantitative estimate of drug-likeness (QED) is 0.505. The molecule has 0 aliphatic carbocycles. The molecule has 0 bridgehead atoms. The first-order valence-electron chi connectivity index (χ1n) is 10.8. The van der Waals surface area contributed by atoms with Crippen molar-refractivity contribution in [2.45, 2.75) is 22.6 Å². The van der Waals surface area contributed by atoms with Crippen LogP contribution in [0.5, 0.6) is 23.0 Å². The number of hydrogen-bond donors (Lipinski definition) is 1. The van der Waals surface area contributed by atoms with Crippen molar-refractivity contribution in [3.05, 3.63) is 47.5 Å².